The molecule has 0 atom stereocenters. The molecule has 0 aliphatic carbocycles. The number of aromatic nitrogens is 3. The standard InChI is InChI=1S/C23H21N5O2S2/c1-16-12-13-31-20(16)14-24-25-21(29)15-32-23-27-26-22(17-6-4-3-5-7-17)28(23)18-8-10-19(30-2)11-9-18/h3-14H,15H2,1-2H3,(H,25,29)/b24-14-. The lowest BCUT2D eigenvalue weighted by Gasteiger charge is -2.11. The molecule has 0 saturated heterocycles. The molecule has 0 fully saturated rings. The number of benzene rings is 2. The average Bonchev–Trinajstić information content (AvgIpc) is 3.44. The van der Waals surface area contributed by atoms with Crippen LogP contribution in [0.3, 0.4) is 0 Å². The first-order chi connectivity index (χ1) is 15.7. The Bertz CT molecular complexity index is 1220. The Morgan fingerprint density at radius 3 is 2.62 bits per heavy atom. The van der Waals surface area contributed by atoms with E-state index < -0.39 is 0 Å². The summed E-state index contributed by atoms with van der Waals surface area (Å²) in [5.41, 5.74) is 5.51. The van der Waals surface area contributed by atoms with Crippen molar-refractivity contribution in [1.29, 1.82) is 0 Å². The zero-order valence-corrected chi connectivity index (χ0v) is 19.2. The van der Waals surface area contributed by atoms with Crippen molar-refractivity contribution in [3.8, 4) is 22.8 Å². The van der Waals surface area contributed by atoms with E-state index >= 15 is 0 Å². The molecule has 0 saturated carbocycles. The fourth-order valence-corrected chi connectivity index (χ4v) is 4.47. The molecule has 1 N–H and O–H groups in total. The fourth-order valence-electron chi connectivity index (χ4n) is 2.94. The minimum absolute atomic E-state index is 0.157. The third kappa shape index (κ3) is 5.06. The first-order valence-electron chi connectivity index (χ1n) is 9.80. The van der Waals surface area contributed by atoms with Crippen molar-refractivity contribution >= 4 is 35.2 Å². The number of thiophene rings is 1. The fraction of sp³-hybridized carbons (Fsp3) is 0.130. The number of ether oxygens (including phenoxy) is 1. The molecule has 7 nitrogen and oxygen atoms in total. The summed E-state index contributed by atoms with van der Waals surface area (Å²) in [6, 6.07) is 19.5. The smallest absolute Gasteiger partial charge is 0.250 e. The number of hydrazone groups is 1. The van der Waals surface area contributed by atoms with Crippen LogP contribution in [0.1, 0.15) is 10.4 Å². The van der Waals surface area contributed by atoms with Crippen molar-refractivity contribution in [3.63, 3.8) is 0 Å². The lowest BCUT2D eigenvalue weighted by Crippen LogP contribution is -2.20. The van der Waals surface area contributed by atoms with Crippen molar-refractivity contribution in [1.82, 2.24) is 20.2 Å². The molecule has 0 radical (unpaired) electrons. The van der Waals surface area contributed by atoms with Gasteiger partial charge in [-0.2, -0.15) is 5.10 Å². The summed E-state index contributed by atoms with van der Waals surface area (Å²) in [5.74, 6) is 1.40. The van der Waals surface area contributed by atoms with Gasteiger partial charge in [0.15, 0.2) is 11.0 Å². The Balaban J connectivity index is 1.53. The van der Waals surface area contributed by atoms with Gasteiger partial charge in [-0.05, 0) is 48.2 Å². The maximum atomic E-state index is 12.3. The van der Waals surface area contributed by atoms with Crippen molar-refractivity contribution in [3.05, 3.63) is 76.5 Å². The molecule has 0 aliphatic rings. The monoisotopic (exact) mass is 463 g/mol. The van der Waals surface area contributed by atoms with Crippen LogP contribution in [-0.4, -0.2) is 39.7 Å². The summed E-state index contributed by atoms with van der Waals surface area (Å²) >= 11 is 2.88. The van der Waals surface area contributed by atoms with Gasteiger partial charge in [0, 0.05) is 16.1 Å². The van der Waals surface area contributed by atoms with E-state index in [1.807, 2.05) is 77.5 Å². The number of aryl methyl sites for hydroxylation is 1. The molecule has 0 aliphatic heterocycles. The second-order valence-corrected chi connectivity index (χ2v) is 8.65. The van der Waals surface area contributed by atoms with Crippen LogP contribution in [0.2, 0.25) is 0 Å². The van der Waals surface area contributed by atoms with Gasteiger partial charge in [-0.15, -0.1) is 21.5 Å². The van der Waals surface area contributed by atoms with Crippen molar-refractivity contribution < 1.29 is 9.53 Å². The van der Waals surface area contributed by atoms with E-state index in [0.717, 1.165) is 27.4 Å². The predicted molar refractivity (Wildman–Crippen MR) is 129 cm³/mol. The lowest BCUT2D eigenvalue weighted by atomic mass is 10.2. The summed E-state index contributed by atoms with van der Waals surface area (Å²) in [6.45, 7) is 2.01. The Hall–Kier alpha value is -3.43. The van der Waals surface area contributed by atoms with Gasteiger partial charge in [-0.3, -0.25) is 9.36 Å². The van der Waals surface area contributed by atoms with Crippen LogP contribution in [0.5, 0.6) is 5.75 Å². The third-order valence-electron chi connectivity index (χ3n) is 4.60. The molecule has 32 heavy (non-hydrogen) atoms. The van der Waals surface area contributed by atoms with Crippen LogP contribution in [0.4, 0.5) is 0 Å². The third-order valence-corrected chi connectivity index (χ3v) is 6.48. The van der Waals surface area contributed by atoms with E-state index in [0.29, 0.717) is 11.0 Å². The highest BCUT2D eigenvalue weighted by molar-refractivity contribution is 7.99. The quantitative estimate of drug-likeness (QED) is 0.235. The highest BCUT2D eigenvalue weighted by Gasteiger charge is 2.17. The Kier molecular flexibility index (Phi) is 6.98. The maximum absolute atomic E-state index is 12.3. The molecule has 2 aromatic heterocycles. The van der Waals surface area contributed by atoms with Gasteiger partial charge in [0.1, 0.15) is 5.75 Å². The summed E-state index contributed by atoms with van der Waals surface area (Å²) in [5, 5.41) is 15.4. The van der Waals surface area contributed by atoms with Crippen molar-refractivity contribution in [2.75, 3.05) is 12.9 Å². The molecule has 4 aromatic rings. The largest absolute Gasteiger partial charge is 0.497 e. The van der Waals surface area contributed by atoms with E-state index in [1.165, 1.54) is 11.8 Å². The Morgan fingerprint density at radius 2 is 1.94 bits per heavy atom. The minimum Gasteiger partial charge on any atom is -0.497 e. The first kappa shape index (κ1) is 21.8. The van der Waals surface area contributed by atoms with E-state index in [1.54, 1.807) is 24.7 Å². The van der Waals surface area contributed by atoms with E-state index in [9.17, 15) is 4.79 Å². The molecule has 1 amide bonds. The van der Waals surface area contributed by atoms with Gasteiger partial charge in [0.25, 0.3) is 5.91 Å². The maximum Gasteiger partial charge on any atom is 0.250 e. The molecular weight excluding hydrogens is 442 g/mol. The van der Waals surface area contributed by atoms with Gasteiger partial charge in [0.05, 0.1) is 19.1 Å². The van der Waals surface area contributed by atoms with Gasteiger partial charge in [-0.1, -0.05) is 42.1 Å². The number of hydrogen-bond donors (Lipinski definition) is 1. The van der Waals surface area contributed by atoms with E-state index in [4.69, 9.17) is 4.74 Å². The van der Waals surface area contributed by atoms with Crippen LogP contribution >= 0.6 is 23.1 Å². The molecule has 0 bridgehead atoms. The summed E-state index contributed by atoms with van der Waals surface area (Å²) in [6.07, 6.45) is 1.66. The number of amides is 1. The van der Waals surface area contributed by atoms with Gasteiger partial charge in [0.2, 0.25) is 0 Å². The van der Waals surface area contributed by atoms with E-state index in [-0.39, 0.29) is 11.7 Å². The van der Waals surface area contributed by atoms with Crippen LogP contribution in [0, 0.1) is 6.92 Å². The number of methoxy groups -OCH3 is 1. The molecule has 162 valence electrons. The zero-order chi connectivity index (χ0) is 22.3. The number of nitrogens with one attached hydrogen (secondary N) is 1. The van der Waals surface area contributed by atoms with E-state index in [2.05, 4.69) is 20.7 Å². The number of rotatable bonds is 8. The molecule has 0 unspecified atom stereocenters. The number of nitrogens with zero attached hydrogens (tertiary/aromatic N) is 4. The molecule has 2 heterocycles. The van der Waals surface area contributed by atoms with Gasteiger partial charge >= 0.3 is 0 Å². The highest BCUT2D eigenvalue weighted by atomic mass is 32.2. The van der Waals surface area contributed by atoms with Crippen LogP contribution < -0.4 is 10.2 Å². The summed E-state index contributed by atoms with van der Waals surface area (Å²) < 4.78 is 7.21. The highest BCUT2D eigenvalue weighted by Crippen LogP contribution is 2.28. The average molecular weight is 464 g/mol. The second kappa shape index (κ2) is 10.3. The first-order valence-corrected chi connectivity index (χ1v) is 11.7. The molecule has 4 rings (SSSR count). The number of carbonyl (C=O) groups excluding carboxylic acids is 1. The lowest BCUT2D eigenvalue weighted by molar-refractivity contribution is -0.118. The Labute approximate surface area is 194 Å². The minimum atomic E-state index is -0.217. The van der Waals surface area contributed by atoms with Crippen LogP contribution in [0.25, 0.3) is 17.1 Å². The van der Waals surface area contributed by atoms with Gasteiger partial charge < -0.3 is 4.74 Å². The van der Waals surface area contributed by atoms with Crippen molar-refractivity contribution in [2.45, 2.75) is 12.1 Å². The summed E-state index contributed by atoms with van der Waals surface area (Å²) in [7, 11) is 1.63. The van der Waals surface area contributed by atoms with Crippen molar-refractivity contribution in [2.24, 2.45) is 5.10 Å². The predicted octanol–water partition coefficient (Wildman–Crippen LogP) is 4.56. The molecule has 0 spiro atoms. The van der Waals surface area contributed by atoms with Crippen LogP contribution in [0.15, 0.2) is 76.3 Å². The molecule has 2 aromatic carbocycles. The number of carbonyl (C=O) groups is 1. The summed E-state index contributed by atoms with van der Waals surface area (Å²) in [4.78, 5) is 13.3. The topological polar surface area (TPSA) is 81.4 Å². The Morgan fingerprint density at radius 1 is 1.16 bits per heavy atom. The number of thioether (sulfide) groups is 1. The SMILES string of the molecule is COc1ccc(-n2c(SCC(=O)N/N=C\c3sccc3C)nnc2-c2ccccc2)cc1. The number of hydrogen-bond acceptors (Lipinski definition) is 7. The normalized spacial score (nSPS) is 11.1. The second-order valence-electron chi connectivity index (χ2n) is 6.76. The zero-order valence-electron chi connectivity index (χ0n) is 17.6. The molecule has 9 heteroatoms. The molecular formula is C23H21N5O2S2. The van der Waals surface area contributed by atoms with Crippen LogP contribution in [-0.2, 0) is 4.79 Å². The van der Waals surface area contributed by atoms with Gasteiger partial charge in [-0.25, -0.2) is 5.43 Å².